The summed E-state index contributed by atoms with van der Waals surface area (Å²) in [5.74, 6) is 1.30. The van der Waals surface area contributed by atoms with Crippen molar-refractivity contribution in [3.8, 4) is 11.7 Å². The zero-order chi connectivity index (χ0) is 19.4. The van der Waals surface area contributed by atoms with E-state index in [2.05, 4.69) is 46.6 Å². The van der Waals surface area contributed by atoms with Crippen LogP contribution in [-0.2, 0) is 0 Å². The quantitative estimate of drug-likeness (QED) is 0.615. The van der Waals surface area contributed by atoms with Crippen LogP contribution in [-0.4, -0.2) is 37.9 Å². The van der Waals surface area contributed by atoms with Gasteiger partial charge in [-0.25, -0.2) is 19.7 Å². The predicted octanol–water partition coefficient (Wildman–Crippen LogP) is 3.36. The Balaban J connectivity index is 1.73. The van der Waals surface area contributed by atoms with Crippen LogP contribution in [0.3, 0.4) is 0 Å². The van der Waals surface area contributed by atoms with Crippen molar-refractivity contribution in [2.75, 3.05) is 12.4 Å². The summed E-state index contributed by atoms with van der Waals surface area (Å²) in [5, 5.41) is 10.1. The molecule has 0 bridgehead atoms. The highest BCUT2D eigenvalue weighted by molar-refractivity contribution is 9.10. The molecule has 0 saturated heterocycles. The Morgan fingerprint density at radius 1 is 1.30 bits per heavy atom. The van der Waals surface area contributed by atoms with Gasteiger partial charge in [-0.1, -0.05) is 11.6 Å². The summed E-state index contributed by atoms with van der Waals surface area (Å²) in [5.41, 5.74) is 0.508. The first-order valence-electron chi connectivity index (χ1n) is 7.77. The molecule has 0 aliphatic rings. The lowest BCUT2D eigenvalue weighted by molar-refractivity contribution is 0.248. The molecule has 0 aliphatic heterocycles. The maximum Gasteiger partial charge on any atom is 0.319 e. The summed E-state index contributed by atoms with van der Waals surface area (Å²) in [6.07, 6.45) is 4.58. The molecule has 1 aromatic carbocycles. The topological polar surface area (TPSA) is 107 Å². The smallest absolute Gasteiger partial charge is 0.319 e. The van der Waals surface area contributed by atoms with Gasteiger partial charge in [0.15, 0.2) is 5.82 Å². The van der Waals surface area contributed by atoms with Gasteiger partial charge in [-0.15, -0.1) is 0 Å². The number of methoxy groups -OCH3 is 1. The van der Waals surface area contributed by atoms with Crippen LogP contribution in [0.5, 0.6) is 5.75 Å². The summed E-state index contributed by atoms with van der Waals surface area (Å²) < 4.78 is 7.25. The number of ether oxygens (including phenoxy) is 1. The second kappa shape index (κ2) is 8.31. The minimum Gasteiger partial charge on any atom is -0.495 e. The maximum atomic E-state index is 12.4. The normalized spacial score (nSPS) is 11.7. The lowest BCUT2D eigenvalue weighted by Gasteiger charge is -2.16. The molecule has 0 aliphatic carbocycles. The monoisotopic (exact) mass is 451 g/mol. The van der Waals surface area contributed by atoms with Crippen LogP contribution in [0.15, 0.2) is 41.4 Å². The van der Waals surface area contributed by atoms with Crippen LogP contribution in [0.25, 0.3) is 5.95 Å². The van der Waals surface area contributed by atoms with Gasteiger partial charge in [0, 0.05) is 22.9 Å². The third-order valence-electron chi connectivity index (χ3n) is 3.54. The summed E-state index contributed by atoms with van der Waals surface area (Å²) in [6, 6.07) is 4.08. The molecule has 9 nitrogen and oxygen atoms in total. The first-order valence-corrected chi connectivity index (χ1v) is 8.94. The molecule has 1 atom stereocenters. The Morgan fingerprint density at radius 3 is 2.74 bits per heavy atom. The zero-order valence-corrected chi connectivity index (χ0v) is 16.7. The Bertz CT molecular complexity index is 951. The van der Waals surface area contributed by atoms with Gasteiger partial charge in [0.1, 0.15) is 12.1 Å². The maximum absolute atomic E-state index is 12.4. The van der Waals surface area contributed by atoms with Gasteiger partial charge in [0.2, 0.25) is 0 Å². The van der Waals surface area contributed by atoms with Gasteiger partial charge in [-0.3, -0.25) is 0 Å². The number of anilines is 1. The van der Waals surface area contributed by atoms with E-state index in [1.165, 1.54) is 18.1 Å². The lowest BCUT2D eigenvalue weighted by atomic mass is 10.3. The third kappa shape index (κ3) is 4.34. The van der Waals surface area contributed by atoms with Gasteiger partial charge in [-0.05, 0) is 35.0 Å². The average Bonchev–Trinajstić information content (AvgIpc) is 3.14. The van der Waals surface area contributed by atoms with Crippen molar-refractivity contribution in [3.05, 3.63) is 52.2 Å². The van der Waals surface area contributed by atoms with Gasteiger partial charge in [-0.2, -0.15) is 9.78 Å². The number of hydrogen-bond acceptors (Lipinski definition) is 6. The molecule has 3 aromatic rings. The Morgan fingerprint density at radius 2 is 2.04 bits per heavy atom. The SMILES string of the molecule is COc1cc(NC(=O)NC(C)c2ncnn2-c2ncccn2)c(Br)cc1Cl. The number of nitrogens with zero attached hydrogens (tertiary/aromatic N) is 5. The number of carbonyl (C=O) groups is 1. The fourth-order valence-corrected chi connectivity index (χ4v) is 3.12. The molecule has 0 saturated carbocycles. The number of nitrogens with one attached hydrogen (secondary N) is 2. The molecule has 0 spiro atoms. The van der Waals surface area contributed by atoms with Crippen molar-refractivity contribution in [1.82, 2.24) is 30.0 Å². The highest BCUT2D eigenvalue weighted by Gasteiger charge is 2.19. The van der Waals surface area contributed by atoms with Crippen LogP contribution >= 0.6 is 27.5 Å². The fraction of sp³-hybridized carbons (Fsp3) is 0.188. The molecule has 27 heavy (non-hydrogen) atoms. The molecule has 3 rings (SSSR count). The van der Waals surface area contributed by atoms with Gasteiger partial charge < -0.3 is 15.4 Å². The number of halogens is 2. The summed E-state index contributed by atoms with van der Waals surface area (Å²) >= 11 is 9.41. The van der Waals surface area contributed by atoms with Crippen molar-refractivity contribution in [2.24, 2.45) is 0 Å². The van der Waals surface area contributed by atoms with Gasteiger partial charge in [0.25, 0.3) is 5.95 Å². The first-order chi connectivity index (χ1) is 13.0. The van der Waals surface area contributed by atoms with Crippen LogP contribution in [0, 0.1) is 0 Å². The van der Waals surface area contributed by atoms with E-state index in [1.54, 1.807) is 37.5 Å². The molecule has 2 amide bonds. The second-order valence-corrected chi connectivity index (χ2v) is 6.63. The van der Waals surface area contributed by atoms with E-state index >= 15 is 0 Å². The Labute approximate surface area is 168 Å². The molecule has 0 fully saturated rings. The largest absolute Gasteiger partial charge is 0.495 e. The molecule has 11 heteroatoms. The van der Waals surface area contributed by atoms with Crippen LogP contribution < -0.4 is 15.4 Å². The summed E-state index contributed by atoms with van der Waals surface area (Å²) in [6.45, 7) is 1.78. The second-order valence-electron chi connectivity index (χ2n) is 5.37. The van der Waals surface area contributed by atoms with Crippen molar-refractivity contribution < 1.29 is 9.53 Å². The zero-order valence-electron chi connectivity index (χ0n) is 14.3. The summed E-state index contributed by atoms with van der Waals surface area (Å²) in [7, 11) is 1.50. The molecular formula is C16H15BrClN7O2. The van der Waals surface area contributed by atoms with Crippen molar-refractivity contribution in [1.29, 1.82) is 0 Å². The highest BCUT2D eigenvalue weighted by atomic mass is 79.9. The third-order valence-corrected chi connectivity index (χ3v) is 4.49. The van der Waals surface area contributed by atoms with E-state index < -0.39 is 12.1 Å². The molecule has 2 aromatic heterocycles. The lowest BCUT2D eigenvalue weighted by Crippen LogP contribution is -2.32. The van der Waals surface area contributed by atoms with E-state index in [4.69, 9.17) is 16.3 Å². The van der Waals surface area contributed by atoms with Crippen molar-refractivity contribution in [2.45, 2.75) is 13.0 Å². The van der Waals surface area contributed by atoms with E-state index in [0.29, 0.717) is 32.7 Å². The molecule has 2 heterocycles. The highest BCUT2D eigenvalue weighted by Crippen LogP contribution is 2.34. The van der Waals surface area contributed by atoms with Crippen LogP contribution in [0.4, 0.5) is 10.5 Å². The van der Waals surface area contributed by atoms with Crippen LogP contribution in [0.2, 0.25) is 5.02 Å². The van der Waals surface area contributed by atoms with Crippen molar-refractivity contribution in [3.63, 3.8) is 0 Å². The number of hydrogen-bond donors (Lipinski definition) is 2. The van der Waals surface area contributed by atoms with E-state index in [0.717, 1.165) is 0 Å². The number of benzene rings is 1. The van der Waals surface area contributed by atoms with Crippen molar-refractivity contribution >= 4 is 39.2 Å². The number of carbonyl (C=O) groups excluding carboxylic acids is 1. The number of aromatic nitrogens is 5. The standard InChI is InChI=1S/C16H15BrClN7O2/c1-9(14-21-8-22-25(14)15-19-4-3-5-20-15)23-16(26)24-12-7-13(27-2)11(18)6-10(12)17/h3-9H,1-2H3,(H2,23,24,26). The fourth-order valence-electron chi connectivity index (χ4n) is 2.30. The van der Waals surface area contributed by atoms with E-state index in [-0.39, 0.29) is 0 Å². The van der Waals surface area contributed by atoms with Gasteiger partial charge in [0.05, 0.1) is 23.9 Å². The van der Waals surface area contributed by atoms with E-state index in [9.17, 15) is 4.79 Å². The van der Waals surface area contributed by atoms with Gasteiger partial charge >= 0.3 is 6.03 Å². The molecule has 2 N–H and O–H groups in total. The Hall–Kier alpha value is -2.72. The minimum absolute atomic E-state index is 0.365. The first kappa shape index (κ1) is 19.1. The minimum atomic E-state index is -0.454. The Kier molecular flexibility index (Phi) is 5.87. The molecular weight excluding hydrogens is 438 g/mol. The number of amides is 2. The average molecular weight is 453 g/mol. The predicted molar refractivity (Wildman–Crippen MR) is 103 cm³/mol. The number of urea groups is 1. The van der Waals surface area contributed by atoms with Crippen LogP contribution in [0.1, 0.15) is 18.8 Å². The molecule has 140 valence electrons. The molecule has 0 radical (unpaired) electrons. The summed E-state index contributed by atoms with van der Waals surface area (Å²) in [4.78, 5) is 24.9. The molecule has 1 unspecified atom stereocenters. The van der Waals surface area contributed by atoms with E-state index in [1.807, 2.05) is 0 Å². The number of rotatable bonds is 5.